The minimum absolute atomic E-state index is 0.517. The quantitative estimate of drug-likeness (QED) is 0.650. The third-order valence-corrected chi connectivity index (χ3v) is 2.86. The third-order valence-electron chi connectivity index (χ3n) is 2.86. The van der Waals surface area contributed by atoms with Gasteiger partial charge >= 0.3 is 0 Å². The molecule has 0 unspecified atom stereocenters. The molecule has 84 valence electrons. The van der Waals surface area contributed by atoms with Crippen LogP contribution >= 0.6 is 0 Å². The average molecular weight is 200 g/mol. The van der Waals surface area contributed by atoms with Crippen molar-refractivity contribution in [3.8, 4) is 0 Å². The molecule has 0 aromatic rings. The molecule has 0 bridgehead atoms. The fourth-order valence-corrected chi connectivity index (χ4v) is 1.70. The van der Waals surface area contributed by atoms with Crippen molar-refractivity contribution < 1.29 is 4.74 Å². The maximum atomic E-state index is 5.81. The first-order valence-electron chi connectivity index (χ1n) is 5.83. The van der Waals surface area contributed by atoms with Crippen LogP contribution in [0.2, 0.25) is 0 Å². The molecule has 14 heavy (non-hydrogen) atoms. The molecule has 0 amide bonds. The Labute approximate surface area is 87.8 Å². The van der Waals surface area contributed by atoms with E-state index in [9.17, 15) is 0 Å². The van der Waals surface area contributed by atoms with E-state index in [0.29, 0.717) is 6.10 Å². The first-order chi connectivity index (χ1) is 6.83. The van der Waals surface area contributed by atoms with E-state index in [-0.39, 0.29) is 0 Å². The summed E-state index contributed by atoms with van der Waals surface area (Å²) in [6, 6.07) is 0. The molecule has 1 heterocycles. The minimum Gasteiger partial charge on any atom is -0.378 e. The lowest BCUT2D eigenvalue weighted by Gasteiger charge is -2.23. The fraction of sp³-hybridized carbons (Fsp3) is 1.00. The molecule has 1 N–H and O–H groups in total. The molecule has 1 rings (SSSR count). The van der Waals surface area contributed by atoms with E-state index in [1.54, 1.807) is 0 Å². The molecule has 0 aromatic carbocycles. The molecule has 1 fully saturated rings. The standard InChI is InChI=1S/C11H24N2O/c1-3-13(2)9-4-10-14-11-5-7-12-8-6-11/h11-12H,3-10H2,1-2H3. The summed E-state index contributed by atoms with van der Waals surface area (Å²) in [6.07, 6.45) is 4.05. The normalized spacial score (nSPS) is 19.1. The van der Waals surface area contributed by atoms with Crippen molar-refractivity contribution in [3.05, 3.63) is 0 Å². The van der Waals surface area contributed by atoms with Crippen LogP contribution in [0.3, 0.4) is 0 Å². The Balaban J connectivity index is 1.92. The first-order valence-corrected chi connectivity index (χ1v) is 5.83. The largest absolute Gasteiger partial charge is 0.378 e. The Hall–Kier alpha value is -0.120. The van der Waals surface area contributed by atoms with Crippen molar-refractivity contribution in [2.75, 3.05) is 39.8 Å². The predicted octanol–water partition coefficient (Wildman–Crippen LogP) is 1.10. The van der Waals surface area contributed by atoms with Gasteiger partial charge in [-0.25, -0.2) is 0 Å². The highest BCUT2D eigenvalue weighted by molar-refractivity contribution is 4.68. The summed E-state index contributed by atoms with van der Waals surface area (Å²) in [7, 11) is 2.16. The molecule has 1 aliphatic heterocycles. The van der Waals surface area contributed by atoms with Gasteiger partial charge in [0.1, 0.15) is 0 Å². The molecule has 0 aliphatic carbocycles. The average Bonchev–Trinajstić information content (AvgIpc) is 2.25. The number of hydrogen-bond acceptors (Lipinski definition) is 3. The number of piperidine rings is 1. The molecule has 0 atom stereocenters. The Morgan fingerprint density at radius 2 is 2.07 bits per heavy atom. The summed E-state index contributed by atoms with van der Waals surface area (Å²) < 4.78 is 5.81. The zero-order chi connectivity index (χ0) is 10.2. The Morgan fingerprint density at radius 3 is 2.71 bits per heavy atom. The van der Waals surface area contributed by atoms with E-state index in [2.05, 4.69) is 24.2 Å². The minimum atomic E-state index is 0.517. The van der Waals surface area contributed by atoms with Crippen molar-refractivity contribution in [1.29, 1.82) is 0 Å². The molecular weight excluding hydrogens is 176 g/mol. The maximum Gasteiger partial charge on any atom is 0.0599 e. The van der Waals surface area contributed by atoms with Gasteiger partial charge in [0.05, 0.1) is 6.10 Å². The zero-order valence-corrected chi connectivity index (χ0v) is 9.59. The van der Waals surface area contributed by atoms with Crippen molar-refractivity contribution in [1.82, 2.24) is 10.2 Å². The van der Waals surface area contributed by atoms with Gasteiger partial charge in [0.2, 0.25) is 0 Å². The summed E-state index contributed by atoms with van der Waals surface area (Å²) in [5.74, 6) is 0. The molecule has 3 nitrogen and oxygen atoms in total. The molecule has 1 saturated heterocycles. The van der Waals surface area contributed by atoms with Gasteiger partial charge in [0.15, 0.2) is 0 Å². The van der Waals surface area contributed by atoms with Crippen LogP contribution in [-0.2, 0) is 4.74 Å². The van der Waals surface area contributed by atoms with E-state index >= 15 is 0 Å². The summed E-state index contributed by atoms with van der Waals surface area (Å²) in [4.78, 5) is 2.33. The topological polar surface area (TPSA) is 24.5 Å². The lowest BCUT2D eigenvalue weighted by Crippen LogP contribution is -2.33. The number of nitrogens with one attached hydrogen (secondary N) is 1. The predicted molar refractivity (Wildman–Crippen MR) is 59.6 cm³/mol. The van der Waals surface area contributed by atoms with Crippen molar-refractivity contribution >= 4 is 0 Å². The highest BCUT2D eigenvalue weighted by Gasteiger charge is 2.12. The summed E-state index contributed by atoms with van der Waals surface area (Å²) in [5, 5.41) is 3.34. The fourth-order valence-electron chi connectivity index (χ4n) is 1.70. The molecule has 1 aliphatic rings. The molecule has 0 radical (unpaired) electrons. The van der Waals surface area contributed by atoms with Gasteiger partial charge in [0, 0.05) is 13.2 Å². The maximum absolute atomic E-state index is 5.81. The Morgan fingerprint density at radius 1 is 1.36 bits per heavy atom. The van der Waals surface area contributed by atoms with Crippen LogP contribution in [0.25, 0.3) is 0 Å². The van der Waals surface area contributed by atoms with Crippen molar-refractivity contribution in [2.24, 2.45) is 0 Å². The number of hydrogen-bond donors (Lipinski definition) is 1. The molecular formula is C11H24N2O. The Bertz CT molecular complexity index is 135. The first kappa shape index (κ1) is 12.0. The van der Waals surface area contributed by atoms with Crippen LogP contribution in [0.4, 0.5) is 0 Å². The van der Waals surface area contributed by atoms with Crippen LogP contribution in [-0.4, -0.2) is 50.8 Å². The lowest BCUT2D eigenvalue weighted by atomic mass is 10.1. The summed E-state index contributed by atoms with van der Waals surface area (Å²) in [6.45, 7) is 7.65. The van der Waals surface area contributed by atoms with Crippen LogP contribution in [0.5, 0.6) is 0 Å². The van der Waals surface area contributed by atoms with Gasteiger partial charge in [-0.3, -0.25) is 0 Å². The highest BCUT2D eigenvalue weighted by Crippen LogP contribution is 2.07. The van der Waals surface area contributed by atoms with Gasteiger partial charge in [-0.05, 0) is 45.9 Å². The smallest absolute Gasteiger partial charge is 0.0599 e. The van der Waals surface area contributed by atoms with E-state index in [1.165, 1.54) is 12.8 Å². The number of ether oxygens (including phenoxy) is 1. The van der Waals surface area contributed by atoms with Gasteiger partial charge < -0.3 is 15.0 Å². The lowest BCUT2D eigenvalue weighted by molar-refractivity contribution is 0.0288. The van der Waals surface area contributed by atoms with E-state index < -0.39 is 0 Å². The van der Waals surface area contributed by atoms with Crippen LogP contribution in [0.15, 0.2) is 0 Å². The van der Waals surface area contributed by atoms with Crippen molar-refractivity contribution in [2.45, 2.75) is 32.3 Å². The molecule has 3 heteroatoms. The van der Waals surface area contributed by atoms with Gasteiger partial charge in [-0.2, -0.15) is 0 Å². The number of nitrogens with zero attached hydrogens (tertiary/aromatic N) is 1. The van der Waals surface area contributed by atoms with Gasteiger partial charge in [-0.15, -0.1) is 0 Å². The SMILES string of the molecule is CCN(C)CCCOC1CCNCC1. The van der Waals surface area contributed by atoms with Crippen LogP contribution < -0.4 is 5.32 Å². The van der Waals surface area contributed by atoms with Crippen LogP contribution in [0.1, 0.15) is 26.2 Å². The van der Waals surface area contributed by atoms with Crippen molar-refractivity contribution in [3.63, 3.8) is 0 Å². The van der Waals surface area contributed by atoms with E-state index in [1.807, 2.05) is 0 Å². The molecule has 0 spiro atoms. The monoisotopic (exact) mass is 200 g/mol. The summed E-state index contributed by atoms with van der Waals surface area (Å²) >= 11 is 0. The second-order valence-corrected chi connectivity index (χ2v) is 4.07. The van der Waals surface area contributed by atoms with E-state index in [0.717, 1.165) is 39.2 Å². The van der Waals surface area contributed by atoms with Gasteiger partial charge in [0.25, 0.3) is 0 Å². The number of rotatable bonds is 6. The molecule has 0 saturated carbocycles. The zero-order valence-electron chi connectivity index (χ0n) is 9.59. The van der Waals surface area contributed by atoms with E-state index in [4.69, 9.17) is 4.74 Å². The van der Waals surface area contributed by atoms with Gasteiger partial charge in [-0.1, -0.05) is 6.92 Å². The second-order valence-electron chi connectivity index (χ2n) is 4.07. The summed E-state index contributed by atoms with van der Waals surface area (Å²) in [5.41, 5.74) is 0. The molecule has 0 aromatic heterocycles. The third kappa shape index (κ3) is 4.94. The van der Waals surface area contributed by atoms with Crippen LogP contribution in [0, 0.1) is 0 Å². The second kappa shape index (κ2) is 7.21. The Kier molecular flexibility index (Phi) is 6.15. The highest BCUT2D eigenvalue weighted by atomic mass is 16.5.